The zero-order valence-corrected chi connectivity index (χ0v) is 18.0. The number of hydrogen-bond donors (Lipinski definition) is 0. The third-order valence-electron chi connectivity index (χ3n) is 6.08. The third-order valence-corrected chi connectivity index (χ3v) is 6.08. The first kappa shape index (κ1) is 23.7. The van der Waals surface area contributed by atoms with Crippen molar-refractivity contribution >= 4 is 0 Å². The molecule has 1 aliphatic heterocycles. The topological polar surface area (TPSA) is 12.5 Å². The Kier molecular flexibility index (Phi) is 8.50. The van der Waals surface area contributed by atoms with Gasteiger partial charge in [-0.05, 0) is 67.2 Å². The van der Waals surface area contributed by atoms with E-state index in [1.807, 2.05) is 12.1 Å². The molecule has 1 heterocycles. The van der Waals surface area contributed by atoms with Crippen molar-refractivity contribution in [2.75, 3.05) is 26.2 Å². The minimum atomic E-state index is -4.33. The summed E-state index contributed by atoms with van der Waals surface area (Å²) in [5.41, 5.74) is 1.20. The van der Waals surface area contributed by atoms with E-state index in [2.05, 4.69) is 11.8 Å². The molecule has 2 aromatic rings. The monoisotopic (exact) mass is 437 g/mol. The molecule has 0 aliphatic carbocycles. The van der Waals surface area contributed by atoms with Gasteiger partial charge in [0.15, 0.2) is 0 Å². The predicted molar refractivity (Wildman–Crippen MR) is 114 cm³/mol. The second-order valence-electron chi connectivity index (χ2n) is 8.42. The average molecular weight is 438 g/mol. The van der Waals surface area contributed by atoms with Gasteiger partial charge in [0, 0.05) is 12.5 Å². The molecule has 1 aliphatic rings. The van der Waals surface area contributed by atoms with Crippen LogP contribution in [-0.4, -0.2) is 31.1 Å². The van der Waals surface area contributed by atoms with Gasteiger partial charge in [0.1, 0.15) is 5.82 Å². The molecule has 0 saturated carbocycles. The van der Waals surface area contributed by atoms with Crippen molar-refractivity contribution in [2.45, 2.75) is 51.3 Å². The molecule has 1 fully saturated rings. The number of alkyl halides is 3. The highest BCUT2D eigenvalue weighted by molar-refractivity contribution is 5.24. The van der Waals surface area contributed by atoms with E-state index in [1.54, 1.807) is 0 Å². The quantitative estimate of drug-likeness (QED) is 0.321. The van der Waals surface area contributed by atoms with Crippen molar-refractivity contribution < 1.29 is 22.3 Å². The SMILES string of the molecule is CCCCCN1CC[C@@H](c2ccc(F)cc2)[C@H](COCc2ccc(C(F)(F)F)cc2)C1. The van der Waals surface area contributed by atoms with E-state index in [-0.39, 0.29) is 24.3 Å². The summed E-state index contributed by atoms with van der Waals surface area (Å²) in [7, 11) is 0. The molecule has 0 spiro atoms. The van der Waals surface area contributed by atoms with Crippen molar-refractivity contribution in [2.24, 2.45) is 5.92 Å². The Balaban J connectivity index is 1.60. The van der Waals surface area contributed by atoms with Gasteiger partial charge < -0.3 is 9.64 Å². The number of piperidine rings is 1. The zero-order valence-electron chi connectivity index (χ0n) is 18.0. The standard InChI is InChI=1S/C25H31F4NO/c1-2-3-4-14-30-15-13-24(20-7-11-23(26)12-8-20)21(16-30)18-31-17-19-5-9-22(10-6-19)25(27,28)29/h5-12,21,24H,2-4,13-18H2,1H3/t21-,24-/m0/s1. The van der Waals surface area contributed by atoms with Gasteiger partial charge in [-0.15, -0.1) is 0 Å². The molecule has 0 aromatic heterocycles. The predicted octanol–water partition coefficient (Wildman–Crippen LogP) is 6.66. The van der Waals surface area contributed by atoms with Crippen molar-refractivity contribution in [1.29, 1.82) is 0 Å². The van der Waals surface area contributed by atoms with Gasteiger partial charge in [0.25, 0.3) is 0 Å². The summed E-state index contributed by atoms with van der Waals surface area (Å²) in [6.45, 7) is 5.99. The Morgan fingerprint density at radius 2 is 1.71 bits per heavy atom. The lowest BCUT2D eigenvalue weighted by atomic mass is 9.80. The summed E-state index contributed by atoms with van der Waals surface area (Å²) in [5, 5.41) is 0. The van der Waals surface area contributed by atoms with E-state index in [4.69, 9.17) is 4.74 Å². The average Bonchev–Trinajstić information content (AvgIpc) is 2.75. The number of nitrogens with zero attached hydrogens (tertiary/aromatic N) is 1. The highest BCUT2D eigenvalue weighted by Crippen LogP contribution is 2.34. The lowest BCUT2D eigenvalue weighted by molar-refractivity contribution is -0.137. The van der Waals surface area contributed by atoms with Gasteiger partial charge in [-0.1, -0.05) is 44.0 Å². The smallest absolute Gasteiger partial charge is 0.376 e. The fraction of sp³-hybridized carbons (Fsp3) is 0.520. The lowest BCUT2D eigenvalue weighted by Crippen LogP contribution is -2.41. The molecule has 1 saturated heterocycles. The number of likely N-dealkylation sites (tertiary alicyclic amines) is 1. The number of ether oxygens (including phenoxy) is 1. The Labute approximate surface area is 182 Å². The number of hydrogen-bond acceptors (Lipinski definition) is 2. The third kappa shape index (κ3) is 7.04. The van der Waals surface area contributed by atoms with Crippen molar-refractivity contribution in [3.05, 3.63) is 71.0 Å². The summed E-state index contributed by atoms with van der Waals surface area (Å²) >= 11 is 0. The van der Waals surface area contributed by atoms with Gasteiger partial charge in [-0.2, -0.15) is 13.2 Å². The van der Waals surface area contributed by atoms with Gasteiger partial charge in [0.05, 0.1) is 18.8 Å². The molecule has 0 amide bonds. The van der Waals surface area contributed by atoms with Crippen LogP contribution in [0, 0.1) is 11.7 Å². The van der Waals surface area contributed by atoms with Crippen LogP contribution in [0.4, 0.5) is 17.6 Å². The number of benzene rings is 2. The zero-order chi connectivity index (χ0) is 22.3. The van der Waals surface area contributed by atoms with Crippen LogP contribution in [0.3, 0.4) is 0 Å². The van der Waals surface area contributed by atoms with Gasteiger partial charge in [-0.3, -0.25) is 0 Å². The molecule has 6 heteroatoms. The Hall–Kier alpha value is -1.92. The minimum Gasteiger partial charge on any atom is -0.376 e. The summed E-state index contributed by atoms with van der Waals surface area (Å²) in [6, 6.07) is 11.8. The van der Waals surface area contributed by atoms with Gasteiger partial charge >= 0.3 is 6.18 Å². The Morgan fingerprint density at radius 3 is 2.35 bits per heavy atom. The molecule has 31 heavy (non-hydrogen) atoms. The maximum atomic E-state index is 13.4. The van der Waals surface area contributed by atoms with Crippen molar-refractivity contribution in [1.82, 2.24) is 4.90 Å². The fourth-order valence-corrected chi connectivity index (χ4v) is 4.33. The molecule has 0 N–H and O–H groups in total. The number of halogens is 4. The van der Waals surface area contributed by atoms with Crippen LogP contribution in [0.1, 0.15) is 55.2 Å². The van der Waals surface area contributed by atoms with Gasteiger partial charge in [-0.25, -0.2) is 4.39 Å². The first-order valence-corrected chi connectivity index (χ1v) is 11.1. The van der Waals surface area contributed by atoms with Crippen LogP contribution >= 0.6 is 0 Å². The normalized spacial score (nSPS) is 20.2. The van der Waals surface area contributed by atoms with Crippen LogP contribution < -0.4 is 0 Å². The summed E-state index contributed by atoms with van der Waals surface area (Å²) in [6.07, 6.45) is 0.243. The maximum absolute atomic E-state index is 13.4. The molecule has 170 valence electrons. The van der Waals surface area contributed by atoms with E-state index < -0.39 is 11.7 Å². The Bertz CT molecular complexity index is 789. The molecule has 0 bridgehead atoms. The summed E-state index contributed by atoms with van der Waals surface area (Å²) in [4.78, 5) is 2.47. The first-order chi connectivity index (χ1) is 14.9. The van der Waals surface area contributed by atoms with Crippen LogP contribution in [0.2, 0.25) is 0 Å². The molecule has 3 rings (SSSR count). The van der Waals surface area contributed by atoms with E-state index >= 15 is 0 Å². The Morgan fingerprint density at radius 1 is 1.00 bits per heavy atom. The van der Waals surface area contributed by atoms with Crippen LogP contribution in [0.15, 0.2) is 48.5 Å². The van der Waals surface area contributed by atoms with E-state index in [9.17, 15) is 17.6 Å². The van der Waals surface area contributed by atoms with Crippen molar-refractivity contribution in [3.63, 3.8) is 0 Å². The molecule has 0 radical (unpaired) electrons. The van der Waals surface area contributed by atoms with E-state index in [0.717, 1.165) is 49.3 Å². The van der Waals surface area contributed by atoms with Crippen molar-refractivity contribution in [3.8, 4) is 0 Å². The molecular weight excluding hydrogens is 406 g/mol. The minimum absolute atomic E-state index is 0.240. The molecule has 2 nitrogen and oxygen atoms in total. The number of unbranched alkanes of at least 4 members (excludes halogenated alkanes) is 2. The molecule has 0 unspecified atom stereocenters. The summed E-state index contributed by atoms with van der Waals surface area (Å²) in [5.74, 6) is 0.307. The van der Waals surface area contributed by atoms with Crippen LogP contribution in [0.25, 0.3) is 0 Å². The second-order valence-corrected chi connectivity index (χ2v) is 8.42. The van der Waals surface area contributed by atoms with E-state index in [1.165, 1.54) is 43.5 Å². The lowest BCUT2D eigenvalue weighted by Gasteiger charge is -2.39. The highest BCUT2D eigenvalue weighted by atomic mass is 19.4. The first-order valence-electron chi connectivity index (χ1n) is 11.1. The summed E-state index contributed by atoms with van der Waals surface area (Å²) < 4.78 is 57.5. The fourth-order valence-electron chi connectivity index (χ4n) is 4.33. The molecular formula is C25H31F4NO. The highest BCUT2D eigenvalue weighted by Gasteiger charge is 2.31. The molecule has 2 aromatic carbocycles. The number of rotatable bonds is 9. The van der Waals surface area contributed by atoms with E-state index in [0.29, 0.717) is 6.61 Å². The van der Waals surface area contributed by atoms with Gasteiger partial charge in [0.2, 0.25) is 0 Å². The molecule has 2 atom stereocenters. The van der Waals surface area contributed by atoms with Crippen LogP contribution in [0.5, 0.6) is 0 Å². The van der Waals surface area contributed by atoms with Crippen LogP contribution in [-0.2, 0) is 17.5 Å². The largest absolute Gasteiger partial charge is 0.416 e. The maximum Gasteiger partial charge on any atom is 0.416 e. The second kappa shape index (κ2) is 11.1.